The first-order chi connectivity index (χ1) is 9.60. The SMILES string of the molecule is Cc1sc2nc(CN(C)C3CCC3)nc(NN)c2c1C. The fourth-order valence-electron chi connectivity index (χ4n) is 2.65. The van der Waals surface area contributed by atoms with Crippen LogP contribution in [0.25, 0.3) is 10.2 Å². The van der Waals surface area contributed by atoms with E-state index in [0.29, 0.717) is 6.04 Å². The fraction of sp³-hybridized carbons (Fsp3) is 0.571. The zero-order valence-electron chi connectivity index (χ0n) is 12.2. The van der Waals surface area contributed by atoms with Crippen LogP contribution in [0, 0.1) is 13.8 Å². The van der Waals surface area contributed by atoms with E-state index in [1.165, 1.54) is 29.7 Å². The van der Waals surface area contributed by atoms with Gasteiger partial charge in [0.25, 0.3) is 0 Å². The van der Waals surface area contributed by atoms with Gasteiger partial charge in [-0.15, -0.1) is 11.3 Å². The molecule has 0 atom stereocenters. The highest BCUT2D eigenvalue weighted by molar-refractivity contribution is 7.18. The van der Waals surface area contributed by atoms with Crippen molar-refractivity contribution in [1.82, 2.24) is 14.9 Å². The first-order valence-electron chi connectivity index (χ1n) is 7.03. The Kier molecular flexibility index (Phi) is 3.62. The number of aryl methyl sites for hydroxylation is 2. The smallest absolute Gasteiger partial charge is 0.152 e. The molecule has 0 bridgehead atoms. The van der Waals surface area contributed by atoms with Gasteiger partial charge in [-0.2, -0.15) is 0 Å². The summed E-state index contributed by atoms with van der Waals surface area (Å²) in [7, 11) is 2.15. The molecule has 108 valence electrons. The van der Waals surface area contributed by atoms with Gasteiger partial charge in [0.1, 0.15) is 10.7 Å². The molecule has 0 amide bonds. The fourth-order valence-corrected chi connectivity index (χ4v) is 3.70. The van der Waals surface area contributed by atoms with E-state index >= 15 is 0 Å². The number of nitrogens with two attached hydrogens (primary N) is 1. The van der Waals surface area contributed by atoms with Crippen LogP contribution in [0.4, 0.5) is 5.82 Å². The number of nitrogens with one attached hydrogen (secondary N) is 1. The molecule has 1 saturated carbocycles. The zero-order chi connectivity index (χ0) is 14.3. The number of nitrogens with zero attached hydrogens (tertiary/aromatic N) is 3. The van der Waals surface area contributed by atoms with Gasteiger partial charge in [-0.05, 0) is 39.3 Å². The molecule has 2 aromatic heterocycles. The summed E-state index contributed by atoms with van der Waals surface area (Å²) in [5.74, 6) is 7.23. The first kappa shape index (κ1) is 13.7. The zero-order valence-corrected chi connectivity index (χ0v) is 13.0. The van der Waals surface area contributed by atoms with E-state index in [0.717, 1.165) is 28.4 Å². The lowest BCUT2D eigenvalue weighted by atomic mass is 9.92. The molecule has 1 aliphatic carbocycles. The third kappa shape index (κ3) is 2.28. The van der Waals surface area contributed by atoms with Crippen molar-refractivity contribution < 1.29 is 0 Å². The molecule has 6 heteroatoms. The topological polar surface area (TPSA) is 67.1 Å². The average Bonchev–Trinajstić information content (AvgIpc) is 2.62. The summed E-state index contributed by atoms with van der Waals surface area (Å²) in [5, 5.41) is 1.06. The first-order valence-corrected chi connectivity index (χ1v) is 7.85. The van der Waals surface area contributed by atoms with Crippen LogP contribution in [0.2, 0.25) is 0 Å². The van der Waals surface area contributed by atoms with Crippen LogP contribution < -0.4 is 11.3 Å². The van der Waals surface area contributed by atoms with Crippen molar-refractivity contribution in [3.8, 4) is 0 Å². The van der Waals surface area contributed by atoms with Gasteiger partial charge in [-0.3, -0.25) is 4.90 Å². The van der Waals surface area contributed by atoms with Crippen molar-refractivity contribution in [3.63, 3.8) is 0 Å². The van der Waals surface area contributed by atoms with Crippen molar-refractivity contribution in [3.05, 3.63) is 16.3 Å². The average molecular weight is 291 g/mol. The van der Waals surface area contributed by atoms with E-state index in [1.807, 2.05) is 0 Å². The number of hydrazine groups is 1. The highest BCUT2D eigenvalue weighted by atomic mass is 32.1. The second-order valence-electron chi connectivity index (χ2n) is 5.60. The Labute approximate surface area is 123 Å². The largest absolute Gasteiger partial charge is 0.308 e. The molecule has 20 heavy (non-hydrogen) atoms. The van der Waals surface area contributed by atoms with E-state index in [9.17, 15) is 0 Å². The predicted molar refractivity (Wildman–Crippen MR) is 83.8 cm³/mol. The summed E-state index contributed by atoms with van der Waals surface area (Å²) in [4.78, 5) is 14.0. The van der Waals surface area contributed by atoms with Crippen molar-refractivity contribution >= 4 is 27.4 Å². The number of anilines is 1. The normalized spacial score (nSPS) is 15.8. The molecule has 1 aliphatic rings. The monoisotopic (exact) mass is 291 g/mol. The molecule has 1 fully saturated rings. The molecule has 2 heterocycles. The van der Waals surface area contributed by atoms with Gasteiger partial charge < -0.3 is 5.43 Å². The number of rotatable bonds is 4. The van der Waals surface area contributed by atoms with Crippen LogP contribution in [-0.2, 0) is 6.54 Å². The highest BCUT2D eigenvalue weighted by Gasteiger charge is 2.23. The Morgan fingerprint density at radius 1 is 1.35 bits per heavy atom. The van der Waals surface area contributed by atoms with Gasteiger partial charge in [0.2, 0.25) is 0 Å². The quantitative estimate of drug-likeness (QED) is 0.669. The Bertz CT molecular complexity index is 632. The van der Waals surface area contributed by atoms with E-state index < -0.39 is 0 Å². The van der Waals surface area contributed by atoms with Crippen molar-refractivity contribution in [2.24, 2.45) is 5.84 Å². The van der Waals surface area contributed by atoms with Crippen molar-refractivity contribution in [2.45, 2.75) is 45.7 Å². The van der Waals surface area contributed by atoms with Gasteiger partial charge in [-0.1, -0.05) is 6.42 Å². The Balaban J connectivity index is 1.95. The summed E-state index contributed by atoms with van der Waals surface area (Å²) in [6.07, 6.45) is 3.92. The second-order valence-corrected chi connectivity index (χ2v) is 6.80. The number of hydrogen-bond acceptors (Lipinski definition) is 6. The van der Waals surface area contributed by atoms with Crippen molar-refractivity contribution in [1.29, 1.82) is 0 Å². The van der Waals surface area contributed by atoms with Crippen LogP contribution >= 0.6 is 11.3 Å². The lowest BCUT2D eigenvalue weighted by molar-refractivity contribution is 0.149. The molecule has 2 aromatic rings. The van der Waals surface area contributed by atoms with Crippen LogP contribution in [0.5, 0.6) is 0 Å². The molecule has 3 rings (SSSR count). The number of aromatic nitrogens is 2. The van der Waals surface area contributed by atoms with Gasteiger partial charge in [-0.25, -0.2) is 15.8 Å². The summed E-state index contributed by atoms with van der Waals surface area (Å²) < 4.78 is 0. The van der Waals surface area contributed by atoms with Crippen LogP contribution in [-0.4, -0.2) is 28.0 Å². The van der Waals surface area contributed by atoms with Gasteiger partial charge >= 0.3 is 0 Å². The molecule has 0 radical (unpaired) electrons. The van der Waals surface area contributed by atoms with Gasteiger partial charge in [0.05, 0.1) is 11.9 Å². The van der Waals surface area contributed by atoms with Gasteiger partial charge in [0, 0.05) is 10.9 Å². The van der Waals surface area contributed by atoms with E-state index in [1.54, 1.807) is 11.3 Å². The third-order valence-corrected chi connectivity index (χ3v) is 5.40. The maximum Gasteiger partial charge on any atom is 0.152 e. The molecule has 5 nitrogen and oxygen atoms in total. The maximum absolute atomic E-state index is 5.64. The third-order valence-electron chi connectivity index (χ3n) is 4.30. The van der Waals surface area contributed by atoms with Gasteiger partial charge in [0.15, 0.2) is 5.82 Å². The minimum atomic E-state index is 0.690. The van der Waals surface area contributed by atoms with E-state index in [2.05, 4.69) is 36.2 Å². The lowest BCUT2D eigenvalue weighted by Gasteiger charge is -2.34. The molecular formula is C14H21N5S. The number of thiophene rings is 1. The molecule has 0 unspecified atom stereocenters. The number of nitrogen functional groups attached to an aromatic ring is 1. The van der Waals surface area contributed by atoms with E-state index in [4.69, 9.17) is 10.8 Å². The number of hydrogen-bond donors (Lipinski definition) is 2. The lowest BCUT2D eigenvalue weighted by Crippen LogP contribution is -2.37. The maximum atomic E-state index is 5.64. The van der Waals surface area contributed by atoms with E-state index in [-0.39, 0.29) is 0 Å². The summed E-state index contributed by atoms with van der Waals surface area (Å²) in [5.41, 5.74) is 3.95. The molecule has 3 N–H and O–H groups in total. The van der Waals surface area contributed by atoms with Crippen LogP contribution in [0.3, 0.4) is 0 Å². The highest BCUT2D eigenvalue weighted by Crippen LogP contribution is 2.33. The van der Waals surface area contributed by atoms with Crippen LogP contribution in [0.15, 0.2) is 0 Å². The Hall–Kier alpha value is -1.24. The van der Waals surface area contributed by atoms with Crippen molar-refractivity contribution in [2.75, 3.05) is 12.5 Å². The molecular weight excluding hydrogens is 270 g/mol. The Morgan fingerprint density at radius 3 is 2.70 bits per heavy atom. The minimum Gasteiger partial charge on any atom is -0.308 e. The summed E-state index contributed by atoms with van der Waals surface area (Å²) >= 11 is 1.71. The standard InChI is InChI=1S/C14H21N5S/c1-8-9(2)20-14-12(8)13(18-15)16-11(17-14)7-19(3)10-5-4-6-10/h10H,4-7,15H2,1-3H3,(H,16,17,18). The second kappa shape index (κ2) is 5.27. The Morgan fingerprint density at radius 2 is 2.10 bits per heavy atom. The minimum absolute atomic E-state index is 0.690. The van der Waals surface area contributed by atoms with Crippen LogP contribution in [0.1, 0.15) is 35.5 Å². The number of fused-ring (bicyclic) bond motifs is 1. The molecule has 0 saturated heterocycles. The predicted octanol–water partition coefficient (Wildman–Crippen LogP) is 2.58. The molecule has 0 spiro atoms. The molecule has 0 aliphatic heterocycles. The summed E-state index contributed by atoms with van der Waals surface area (Å²) in [6, 6.07) is 0.690. The molecule has 0 aromatic carbocycles. The summed E-state index contributed by atoms with van der Waals surface area (Å²) in [6.45, 7) is 4.99.